The molecule has 0 aliphatic carbocycles. The van der Waals surface area contributed by atoms with Crippen LogP contribution in [0.1, 0.15) is 89.0 Å². The summed E-state index contributed by atoms with van der Waals surface area (Å²) in [6, 6.07) is 12.7. The number of carbonyl (C=O) groups excluding carboxylic acids is 3. The predicted octanol–water partition coefficient (Wildman–Crippen LogP) is 6.06. The van der Waals surface area contributed by atoms with Gasteiger partial charge in [-0.25, -0.2) is 4.79 Å². The van der Waals surface area contributed by atoms with Crippen molar-refractivity contribution in [2.75, 3.05) is 18.5 Å². The fourth-order valence-electron chi connectivity index (χ4n) is 4.58. The van der Waals surface area contributed by atoms with E-state index in [0.29, 0.717) is 17.7 Å². The molecule has 0 aliphatic heterocycles. The van der Waals surface area contributed by atoms with Crippen LogP contribution in [-0.2, 0) is 14.3 Å². The number of ether oxygens (including phenoxy) is 1. The summed E-state index contributed by atoms with van der Waals surface area (Å²) in [6.07, 6.45) is 5.19. The number of aliphatic hydroxyl groups excluding tert-OH is 1. The molecule has 0 saturated carbocycles. The van der Waals surface area contributed by atoms with Gasteiger partial charge in [-0.05, 0) is 57.7 Å². The molecule has 0 radical (unpaired) electrons. The van der Waals surface area contributed by atoms with Crippen LogP contribution in [-0.4, -0.2) is 52.7 Å². The number of para-hydroxylation sites is 1. The van der Waals surface area contributed by atoms with Gasteiger partial charge in [0.1, 0.15) is 17.7 Å². The van der Waals surface area contributed by atoms with E-state index in [4.69, 9.17) is 4.74 Å². The van der Waals surface area contributed by atoms with E-state index in [0.717, 1.165) is 43.2 Å². The average Bonchev–Trinajstić information content (AvgIpc) is 2.89. The van der Waals surface area contributed by atoms with Crippen molar-refractivity contribution in [3.63, 3.8) is 0 Å². The van der Waals surface area contributed by atoms with Gasteiger partial charge < -0.3 is 25.4 Å². The van der Waals surface area contributed by atoms with Gasteiger partial charge in [0.25, 0.3) is 5.91 Å². The number of unbranched alkanes of at least 4 members (excludes halogenated alkanes) is 5. The third-order valence-electron chi connectivity index (χ3n) is 6.61. The third kappa shape index (κ3) is 10.3. The molecule has 0 fully saturated rings. The number of rotatable bonds is 14. The molecule has 0 saturated heterocycles. The molecule has 8 heteroatoms. The highest BCUT2D eigenvalue weighted by atomic mass is 16.6. The Labute approximate surface area is 239 Å². The highest BCUT2D eigenvalue weighted by Gasteiger charge is 2.36. The van der Waals surface area contributed by atoms with Crippen LogP contribution in [0.3, 0.4) is 0 Å². The summed E-state index contributed by atoms with van der Waals surface area (Å²) in [6.45, 7) is 10.8. The number of aliphatic hydroxyl groups is 1. The number of hydrogen-bond donors (Lipinski definition) is 3. The van der Waals surface area contributed by atoms with Gasteiger partial charge in [0, 0.05) is 12.2 Å². The minimum atomic E-state index is -1.27. The quantitative estimate of drug-likeness (QED) is 0.247. The molecule has 0 aliphatic rings. The number of benzene rings is 2. The standard InChI is InChI=1S/C32H47N3O5/c1-7-8-9-10-11-15-21-35(30(38)26(22-36)33-31(39)40-32(4,5)6)28(25-19-13-12-14-20-25)29(37)34-27-23(2)17-16-18-24(27)3/h12-14,16-20,26,28,36H,7-11,15,21-22H2,1-6H3,(H,33,39)(H,34,37). The minimum Gasteiger partial charge on any atom is -0.444 e. The van der Waals surface area contributed by atoms with E-state index >= 15 is 0 Å². The third-order valence-corrected chi connectivity index (χ3v) is 6.61. The first kappa shape index (κ1) is 32.8. The van der Waals surface area contributed by atoms with Gasteiger partial charge in [-0.1, -0.05) is 87.6 Å². The molecule has 2 rings (SSSR count). The summed E-state index contributed by atoms with van der Waals surface area (Å²) in [4.78, 5) is 41.9. The molecular formula is C32H47N3O5. The molecule has 2 aromatic rings. The van der Waals surface area contributed by atoms with E-state index in [1.807, 2.05) is 62.4 Å². The first-order valence-electron chi connectivity index (χ1n) is 14.3. The van der Waals surface area contributed by atoms with Crippen LogP contribution in [0.5, 0.6) is 0 Å². The zero-order chi connectivity index (χ0) is 29.7. The van der Waals surface area contributed by atoms with E-state index in [-0.39, 0.29) is 12.5 Å². The molecule has 0 aromatic heterocycles. The molecular weight excluding hydrogens is 506 g/mol. The van der Waals surface area contributed by atoms with Crippen LogP contribution >= 0.6 is 0 Å². The number of nitrogens with one attached hydrogen (secondary N) is 2. The molecule has 2 aromatic carbocycles. The van der Waals surface area contributed by atoms with Gasteiger partial charge in [-0.3, -0.25) is 9.59 Å². The normalized spacial score (nSPS) is 12.8. The second-order valence-electron chi connectivity index (χ2n) is 11.3. The fraction of sp³-hybridized carbons (Fsp3) is 0.531. The number of anilines is 1. The first-order valence-corrected chi connectivity index (χ1v) is 14.3. The lowest BCUT2D eigenvalue weighted by Gasteiger charge is -2.34. The lowest BCUT2D eigenvalue weighted by Crippen LogP contribution is -2.54. The second-order valence-corrected chi connectivity index (χ2v) is 11.3. The molecule has 0 spiro atoms. The molecule has 220 valence electrons. The van der Waals surface area contributed by atoms with Crippen molar-refractivity contribution in [1.82, 2.24) is 10.2 Å². The summed E-state index contributed by atoms with van der Waals surface area (Å²) in [5.74, 6) is -0.913. The van der Waals surface area contributed by atoms with Crippen LogP contribution in [0, 0.1) is 13.8 Å². The van der Waals surface area contributed by atoms with Crippen LogP contribution in [0.25, 0.3) is 0 Å². The summed E-state index contributed by atoms with van der Waals surface area (Å²) in [5.41, 5.74) is 2.39. The van der Waals surface area contributed by atoms with Crippen molar-refractivity contribution in [2.24, 2.45) is 0 Å². The van der Waals surface area contributed by atoms with Gasteiger partial charge in [0.05, 0.1) is 6.61 Å². The van der Waals surface area contributed by atoms with Crippen LogP contribution in [0.2, 0.25) is 0 Å². The Hall–Kier alpha value is -3.39. The Morgan fingerprint density at radius 1 is 0.900 bits per heavy atom. The van der Waals surface area contributed by atoms with Crippen molar-refractivity contribution >= 4 is 23.6 Å². The fourth-order valence-corrected chi connectivity index (χ4v) is 4.58. The second kappa shape index (κ2) is 16.0. The van der Waals surface area contributed by atoms with E-state index in [9.17, 15) is 19.5 Å². The van der Waals surface area contributed by atoms with Crippen LogP contribution in [0.4, 0.5) is 10.5 Å². The van der Waals surface area contributed by atoms with E-state index in [1.165, 1.54) is 4.90 Å². The van der Waals surface area contributed by atoms with Crippen LogP contribution < -0.4 is 10.6 Å². The SMILES string of the molecule is CCCCCCCCN(C(=O)C(CO)NC(=O)OC(C)(C)C)C(C(=O)Nc1c(C)cccc1C)c1ccccc1. The number of carbonyl (C=O) groups is 3. The Morgan fingerprint density at radius 3 is 2.08 bits per heavy atom. The molecule has 3 N–H and O–H groups in total. The smallest absolute Gasteiger partial charge is 0.408 e. The average molecular weight is 554 g/mol. The maximum Gasteiger partial charge on any atom is 0.408 e. The van der Waals surface area contributed by atoms with Crippen molar-refractivity contribution in [1.29, 1.82) is 0 Å². The van der Waals surface area contributed by atoms with E-state index in [2.05, 4.69) is 17.6 Å². The number of nitrogens with zero attached hydrogens (tertiary/aromatic N) is 1. The Balaban J connectivity index is 2.43. The topological polar surface area (TPSA) is 108 Å². The van der Waals surface area contributed by atoms with Gasteiger partial charge in [0.15, 0.2) is 0 Å². The lowest BCUT2D eigenvalue weighted by molar-refractivity contribution is -0.141. The van der Waals surface area contributed by atoms with Gasteiger partial charge >= 0.3 is 6.09 Å². The summed E-state index contributed by atoms with van der Waals surface area (Å²) in [7, 11) is 0. The lowest BCUT2D eigenvalue weighted by atomic mass is 10.0. The van der Waals surface area contributed by atoms with Crippen molar-refractivity contribution in [3.05, 3.63) is 65.2 Å². The number of alkyl carbamates (subject to hydrolysis) is 1. The van der Waals surface area contributed by atoms with Gasteiger partial charge in [-0.2, -0.15) is 0 Å². The highest BCUT2D eigenvalue weighted by Crippen LogP contribution is 2.27. The maximum atomic E-state index is 14.0. The molecule has 3 amide bonds. The first-order chi connectivity index (χ1) is 19.0. The van der Waals surface area contributed by atoms with Gasteiger partial charge in [0.2, 0.25) is 5.91 Å². The number of hydrogen-bond acceptors (Lipinski definition) is 5. The largest absolute Gasteiger partial charge is 0.444 e. The summed E-state index contributed by atoms with van der Waals surface area (Å²) < 4.78 is 5.32. The Morgan fingerprint density at radius 2 is 1.50 bits per heavy atom. The highest BCUT2D eigenvalue weighted by molar-refractivity contribution is 5.99. The minimum absolute atomic E-state index is 0.289. The molecule has 40 heavy (non-hydrogen) atoms. The molecule has 8 nitrogen and oxygen atoms in total. The van der Waals surface area contributed by atoms with Crippen molar-refractivity contribution < 1.29 is 24.2 Å². The monoisotopic (exact) mass is 553 g/mol. The number of aryl methyl sites for hydroxylation is 2. The van der Waals surface area contributed by atoms with Crippen molar-refractivity contribution in [2.45, 2.75) is 97.8 Å². The Kier molecular flexibility index (Phi) is 13.1. The van der Waals surface area contributed by atoms with Crippen LogP contribution in [0.15, 0.2) is 48.5 Å². The zero-order valence-corrected chi connectivity index (χ0v) is 25.0. The predicted molar refractivity (Wildman–Crippen MR) is 159 cm³/mol. The summed E-state index contributed by atoms with van der Waals surface area (Å²) >= 11 is 0. The Bertz CT molecular complexity index is 1080. The molecule has 2 atom stereocenters. The maximum absolute atomic E-state index is 14.0. The van der Waals surface area contributed by atoms with E-state index < -0.39 is 36.3 Å². The van der Waals surface area contributed by atoms with E-state index in [1.54, 1.807) is 20.8 Å². The summed E-state index contributed by atoms with van der Waals surface area (Å²) in [5, 5.41) is 15.7. The molecule has 0 heterocycles. The number of amides is 3. The molecule has 2 unspecified atom stereocenters. The van der Waals surface area contributed by atoms with Crippen molar-refractivity contribution in [3.8, 4) is 0 Å². The van der Waals surface area contributed by atoms with Gasteiger partial charge in [-0.15, -0.1) is 0 Å². The zero-order valence-electron chi connectivity index (χ0n) is 25.0. The molecule has 0 bridgehead atoms.